The zero-order valence-corrected chi connectivity index (χ0v) is 10.6. The Morgan fingerprint density at radius 1 is 1.39 bits per heavy atom. The number of benzene rings is 1. The third-order valence-corrected chi connectivity index (χ3v) is 3.68. The van der Waals surface area contributed by atoms with Crippen LogP contribution in [0.4, 0.5) is 0 Å². The summed E-state index contributed by atoms with van der Waals surface area (Å²) in [6, 6.07) is 6.01. The van der Waals surface area contributed by atoms with Crippen LogP contribution in [0, 0.1) is 0 Å². The fraction of sp³-hybridized carbons (Fsp3) is 0.500. The summed E-state index contributed by atoms with van der Waals surface area (Å²) < 4.78 is 11.0. The van der Waals surface area contributed by atoms with E-state index in [1.165, 1.54) is 0 Å². The summed E-state index contributed by atoms with van der Waals surface area (Å²) in [5.41, 5.74) is 7.70. The van der Waals surface area contributed by atoms with Crippen molar-refractivity contribution in [2.24, 2.45) is 5.73 Å². The van der Waals surface area contributed by atoms with Gasteiger partial charge in [-0.2, -0.15) is 0 Å². The van der Waals surface area contributed by atoms with Crippen LogP contribution < -0.4 is 10.5 Å². The first kappa shape index (κ1) is 11.5. The minimum atomic E-state index is 0.285. The number of ether oxygens (including phenoxy) is 1. The van der Waals surface area contributed by atoms with Gasteiger partial charge in [-0.25, -0.2) is 4.98 Å². The molecule has 1 aromatic heterocycles. The lowest BCUT2D eigenvalue weighted by molar-refractivity contribution is 0.342. The zero-order chi connectivity index (χ0) is 12.5. The normalized spacial score (nSPS) is 24.3. The van der Waals surface area contributed by atoms with Gasteiger partial charge < -0.3 is 14.9 Å². The first-order chi connectivity index (χ1) is 8.76. The Bertz CT molecular complexity index is 550. The third kappa shape index (κ3) is 2.08. The summed E-state index contributed by atoms with van der Waals surface area (Å²) in [5.74, 6) is 1.99. The number of hydrogen-bond acceptors (Lipinski definition) is 4. The van der Waals surface area contributed by atoms with Gasteiger partial charge in [-0.15, -0.1) is 0 Å². The van der Waals surface area contributed by atoms with E-state index in [0.717, 1.165) is 48.4 Å². The SMILES string of the molecule is COc1ccc2nc(C3CCCC(N)C3)oc2c1. The van der Waals surface area contributed by atoms with Crippen LogP contribution in [0.15, 0.2) is 22.6 Å². The maximum atomic E-state index is 6.01. The lowest BCUT2D eigenvalue weighted by Crippen LogP contribution is -2.26. The molecular weight excluding hydrogens is 228 g/mol. The molecule has 2 atom stereocenters. The van der Waals surface area contributed by atoms with Crippen molar-refractivity contribution in [3.05, 3.63) is 24.1 Å². The molecule has 1 aromatic carbocycles. The van der Waals surface area contributed by atoms with Crippen molar-refractivity contribution in [3.63, 3.8) is 0 Å². The Balaban J connectivity index is 1.92. The minimum absolute atomic E-state index is 0.285. The van der Waals surface area contributed by atoms with Gasteiger partial charge >= 0.3 is 0 Å². The van der Waals surface area contributed by atoms with Gasteiger partial charge in [-0.05, 0) is 31.4 Å². The van der Waals surface area contributed by atoms with E-state index >= 15 is 0 Å². The minimum Gasteiger partial charge on any atom is -0.497 e. The highest BCUT2D eigenvalue weighted by molar-refractivity contribution is 5.74. The van der Waals surface area contributed by atoms with Crippen LogP contribution in [0.25, 0.3) is 11.1 Å². The van der Waals surface area contributed by atoms with Crippen LogP contribution >= 0.6 is 0 Å². The first-order valence-corrected chi connectivity index (χ1v) is 6.46. The number of aromatic nitrogens is 1. The smallest absolute Gasteiger partial charge is 0.198 e. The molecule has 1 aliphatic rings. The topological polar surface area (TPSA) is 61.3 Å². The van der Waals surface area contributed by atoms with Gasteiger partial charge in [0.25, 0.3) is 0 Å². The fourth-order valence-corrected chi connectivity index (χ4v) is 2.68. The molecule has 0 amide bonds. The van der Waals surface area contributed by atoms with E-state index in [9.17, 15) is 0 Å². The second kappa shape index (κ2) is 4.61. The Hall–Kier alpha value is -1.55. The van der Waals surface area contributed by atoms with Gasteiger partial charge in [0.15, 0.2) is 11.5 Å². The summed E-state index contributed by atoms with van der Waals surface area (Å²) >= 11 is 0. The molecule has 4 heteroatoms. The van der Waals surface area contributed by atoms with Gasteiger partial charge in [0.05, 0.1) is 7.11 Å². The van der Waals surface area contributed by atoms with Crippen LogP contribution in [0.2, 0.25) is 0 Å². The van der Waals surface area contributed by atoms with Crippen LogP contribution in [0.1, 0.15) is 37.5 Å². The van der Waals surface area contributed by atoms with Crippen molar-refractivity contribution >= 4 is 11.1 Å². The standard InChI is InChI=1S/C14H18N2O2/c1-17-11-5-6-12-13(8-11)18-14(16-12)9-3-2-4-10(15)7-9/h5-6,8-10H,2-4,7,15H2,1H3. The molecule has 4 nitrogen and oxygen atoms in total. The van der Waals surface area contributed by atoms with E-state index < -0.39 is 0 Å². The fourth-order valence-electron chi connectivity index (χ4n) is 2.68. The van der Waals surface area contributed by atoms with Crippen molar-refractivity contribution in [1.29, 1.82) is 0 Å². The monoisotopic (exact) mass is 246 g/mol. The number of rotatable bonds is 2. The van der Waals surface area contributed by atoms with Crippen molar-refractivity contribution in [2.75, 3.05) is 7.11 Å². The second-order valence-electron chi connectivity index (χ2n) is 5.01. The van der Waals surface area contributed by atoms with Crippen LogP contribution in [0.5, 0.6) is 5.75 Å². The largest absolute Gasteiger partial charge is 0.497 e. The van der Waals surface area contributed by atoms with Crippen molar-refractivity contribution < 1.29 is 9.15 Å². The van der Waals surface area contributed by atoms with E-state index in [2.05, 4.69) is 4.98 Å². The van der Waals surface area contributed by atoms with E-state index in [1.807, 2.05) is 18.2 Å². The molecule has 18 heavy (non-hydrogen) atoms. The van der Waals surface area contributed by atoms with Gasteiger partial charge in [0.2, 0.25) is 0 Å². The molecule has 1 saturated carbocycles. The number of hydrogen-bond donors (Lipinski definition) is 1. The second-order valence-corrected chi connectivity index (χ2v) is 5.01. The van der Waals surface area contributed by atoms with Gasteiger partial charge in [0.1, 0.15) is 11.3 Å². The maximum absolute atomic E-state index is 6.01. The molecule has 1 fully saturated rings. The summed E-state index contributed by atoms with van der Waals surface area (Å²) in [4.78, 5) is 4.57. The quantitative estimate of drug-likeness (QED) is 0.885. The molecule has 3 rings (SSSR count). The Kier molecular flexibility index (Phi) is 2.96. The molecule has 0 radical (unpaired) electrons. The van der Waals surface area contributed by atoms with Crippen LogP contribution in [-0.4, -0.2) is 18.1 Å². The lowest BCUT2D eigenvalue weighted by Gasteiger charge is -2.23. The van der Waals surface area contributed by atoms with Crippen molar-refractivity contribution in [1.82, 2.24) is 4.98 Å². The Morgan fingerprint density at radius 2 is 2.28 bits per heavy atom. The third-order valence-electron chi connectivity index (χ3n) is 3.68. The molecule has 2 aromatic rings. The highest BCUT2D eigenvalue weighted by Gasteiger charge is 2.24. The van der Waals surface area contributed by atoms with Crippen LogP contribution in [0.3, 0.4) is 0 Å². The summed E-state index contributed by atoms with van der Waals surface area (Å²) in [6.07, 6.45) is 4.38. The first-order valence-electron chi connectivity index (χ1n) is 6.46. The predicted octanol–water partition coefficient (Wildman–Crippen LogP) is 2.82. The number of methoxy groups -OCH3 is 1. The molecule has 2 unspecified atom stereocenters. The molecule has 0 aliphatic heterocycles. The average molecular weight is 246 g/mol. The molecular formula is C14H18N2O2. The number of nitrogens with two attached hydrogens (primary N) is 1. The highest BCUT2D eigenvalue weighted by atomic mass is 16.5. The predicted molar refractivity (Wildman–Crippen MR) is 69.7 cm³/mol. The van der Waals surface area contributed by atoms with Crippen molar-refractivity contribution in [3.8, 4) is 5.75 Å². The molecule has 96 valence electrons. The van der Waals surface area contributed by atoms with E-state index in [1.54, 1.807) is 7.11 Å². The number of fused-ring (bicyclic) bond motifs is 1. The van der Waals surface area contributed by atoms with Gasteiger partial charge in [-0.3, -0.25) is 0 Å². The summed E-state index contributed by atoms with van der Waals surface area (Å²) in [5, 5.41) is 0. The van der Waals surface area contributed by atoms with Crippen LogP contribution in [-0.2, 0) is 0 Å². The Labute approximate surface area is 106 Å². The average Bonchev–Trinajstić information content (AvgIpc) is 2.81. The molecule has 0 spiro atoms. The number of nitrogens with zero attached hydrogens (tertiary/aromatic N) is 1. The number of oxazole rings is 1. The highest BCUT2D eigenvalue weighted by Crippen LogP contribution is 2.33. The lowest BCUT2D eigenvalue weighted by atomic mass is 9.86. The zero-order valence-electron chi connectivity index (χ0n) is 10.6. The Morgan fingerprint density at radius 3 is 3.06 bits per heavy atom. The molecule has 0 saturated heterocycles. The van der Waals surface area contributed by atoms with Gasteiger partial charge in [-0.1, -0.05) is 6.42 Å². The maximum Gasteiger partial charge on any atom is 0.198 e. The van der Waals surface area contributed by atoms with Crippen molar-refractivity contribution in [2.45, 2.75) is 37.6 Å². The molecule has 0 bridgehead atoms. The molecule has 1 heterocycles. The summed E-state index contributed by atoms with van der Waals surface area (Å²) in [7, 11) is 1.65. The van der Waals surface area contributed by atoms with E-state index in [4.69, 9.17) is 14.9 Å². The summed E-state index contributed by atoms with van der Waals surface area (Å²) in [6.45, 7) is 0. The van der Waals surface area contributed by atoms with E-state index in [-0.39, 0.29) is 6.04 Å². The molecule has 2 N–H and O–H groups in total. The van der Waals surface area contributed by atoms with E-state index in [0.29, 0.717) is 5.92 Å². The molecule has 1 aliphatic carbocycles. The van der Waals surface area contributed by atoms with Gasteiger partial charge in [0, 0.05) is 18.0 Å².